The molecule has 0 radical (unpaired) electrons. The van der Waals surface area contributed by atoms with Crippen LogP contribution in [0.1, 0.15) is 41.0 Å². The summed E-state index contributed by atoms with van der Waals surface area (Å²) in [7, 11) is 0. The third kappa shape index (κ3) is 3.91. The van der Waals surface area contributed by atoms with Crippen molar-refractivity contribution < 1.29 is 9.47 Å². The number of ether oxygens (including phenoxy) is 2. The number of rotatable bonds is 3. The maximum atomic E-state index is 6.17. The largest absolute Gasteiger partial charge is 0.380 e. The first-order chi connectivity index (χ1) is 8.83. The van der Waals surface area contributed by atoms with E-state index >= 15 is 0 Å². The lowest BCUT2D eigenvalue weighted by molar-refractivity contribution is -0.195. The van der Waals surface area contributed by atoms with Gasteiger partial charge in [0.05, 0.1) is 17.8 Å². The van der Waals surface area contributed by atoms with Gasteiger partial charge in [-0.05, 0) is 40.7 Å². The third-order valence-electron chi connectivity index (χ3n) is 3.98. The standard InChI is InChI=1S/C15H30N2O2/c1-6-16-12-7-8-18-9-13(12)17-10-14(2,3)19-15(4,5)11-17/h12-13,16H,6-11H2,1-5H3. The highest BCUT2D eigenvalue weighted by molar-refractivity contribution is 4.96. The molecule has 0 spiro atoms. The quantitative estimate of drug-likeness (QED) is 0.845. The fourth-order valence-corrected chi connectivity index (χ4v) is 3.66. The van der Waals surface area contributed by atoms with Crippen molar-refractivity contribution in [1.82, 2.24) is 10.2 Å². The van der Waals surface area contributed by atoms with Crippen molar-refractivity contribution in [2.45, 2.75) is 64.3 Å². The summed E-state index contributed by atoms with van der Waals surface area (Å²) in [5, 5.41) is 3.62. The molecule has 19 heavy (non-hydrogen) atoms. The molecule has 2 aliphatic rings. The van der Waals surface area contributed by atoms with Gasteiger partial charge in [-0.2, -0.15) is 0 Å². The zero-order valence-corrected chi connectivity index (χ0v) is 13.2. The van der Waals surface area contributed by atoms with Crippen LogP contribution in [-0.4, -0.2) is 61.0 Å². The van der Waals surface area contributed by atoms with Gasteiger partial charge in [0.1, 0.15) is 0 Å². The average molecular weight is 270 g/mol. The Morgan fingerprint density at radius 3 is 2.37 bits per heavy atom. The number of nitrogens with one attached hydrogen (secondary N) is 1. The molecule has 1 N–H and O–H groups in total. The Balaban J connectivity index is 2.09. The van der Waals surface area contributed by atoms with Crippen molar-refractivity contribution in [2.75, 3.05) is 32.8 Å². The molecule has 2 heterocycles. The summed E-state index contributed by atoms with van der Waals surface area (Å²) in [6.07, 6.45) is 1.11. The molecule has 0 aromatic rings. The number of hydrogen-bond donors (Lipinski definition) is 1. The summed E-state index contributed by atoms with van der Waals surface area (Å²) < 4.78 is 11.9. The first-order valence-corrected chi connectivity index (χ1v) is 7.58. The molecule has 0 aromatic heterocycles. The lowest BCUT2D eigenvalue weighted by atomic mass is 9.93. The summed E-state index contributed by atoms with van der Waals surface area (Å²) in [5.74, 6) is 0. The van der Waals surface area contributed by atoms with Gasteiger partial charge in [0.2, 0.25) is 0 Å². The number of likely N-dealkylation sites (N-methyl/N-ethyl adjacent to an activating group) is 1. The molecule has 4 nitrogen and oxygen atoms in total. The Bertz CT molecular complexity index is 287. The molecular formula is C15H30N2O2. The van der Waals surface area contributed by atoms with Gasteiger partial charge in [0.25, 0.3) is 0 Å². The molecule has 2 fully saturated rings. The van der Waals surface area contributed by atoms with Crippen LogP contribution in [0.2, 0.25) is 0 Å². The summed E-state index contributed by atoms with van der Waals surface area (Å²) >= 11 is 0. The predicted octanol–water partition coefficient (Wildman–Crippen LogP) is 1.64. The minimum Gasteiger partial charge on any atom is -0.380 e. The minimum atomic E-state index is -0.0873. The molecule has 2 unspecified atom stereocenters. The molecular weight excluding hydrogens is 240 g/mol. The van der Waals surface area contributed by atoms with E-state index in [0.29, 0.717) is 12.1 Å². The molecule has 0 aromatic carbocycles. The smallest absolute Gasteiger partial charge is 0.0760 e. The number of morpholine rings is 1. The SMILES string of the molecule is CCNC1CCOCC1N1CC(C)(C)OC(C)(C)C1. The van der Waals surface area contributed by atoms with E-state index in [9.17, 15) is 0 Å². The summed E-state index contributed by atoms with van der Waals surface area (Å²) in [6, 6.07) is 1.01. The van der Waals surface area contributed by atoms with E-state index in [-0.39, 0.29) is 11.2 Å². The van der Waals surface area contributed by atoms with Gasteiger partial charge in [-0.15, -0.1) is 0 Å². The van der Waals surface area contributed by atoms with Crippen LogP contribution in [0.3, 0.4) is 0 Å². The second-order valence-corrected chi connectivity index (χ2v) is 7.12. The molecule has 4 heteroatoms. The second kappa shape index (κ2) is 5.68. The molecule has 2 atom stereocenters. The van der Waals surface area contributed by atoms with Gasteiger partial charge >= 0.3 is 0 Å². The molecule has 2 aliphatic heterocycles. The zero-order valence-electron chi connectivity index (χ0n) is 13.2. The highest BCUT2D eigenvalue weighted by atomic mass is 16.5. The number of hydrogen-bond acceptors (Lipinski definition) is 4. The van der Waals surface area contributed by atoms with Crippen LogP contribution in [-0.2, 0) is 9.47 Å². The minimum absolute atomic E-state index is 0.0873. The van der Waals surface area contributed by atoms with E-state index in [1.54, 1.807) is 0 Å². The van der Waals surface area contributed by atoms with Crippen molar-refractivity contribution in [3.8, 4) is 0 Å². The van der Waals surface area contributed by atoms with Crippen LogP contribution in [0.4, 0.5) is 0 Å². The van der Waals surface area contributed by atoms with Crippen LogP contribution in [0, 0.1) is 0 Å². The third-order valence-corrected chi connectivity index (χ3v) is 3.98. The van der Waals surface area contributed by atoms with Crippen molar-refractivity contribution in [3.05, 3.63) is 0 Å². The van der Waals surface area contributed by atoms with E-state index in [4.69, 9.17) is 9.47 Å². The van der Waals surface area contributed by atoms with E-state index in [1.807, 2.05) is 0 Å². The molecule has 2 saturated heterocycles. The Hall–Kier alpha value is -0.160. The normalized spacial score (nSPS) is 35.2. The highest BCUT2D eigenvalue weighted by Gasteiger charge is 2.42. The van der Waals surface area contributed by atoms with Crippen LogP contribution < -0.4 is 5.32 Å². The van der Waals surface area contributed by atoms with E-state index in [1.165, 1.54) is 0 Å². The lowest BCUT2D eigenvalue weighted by Crippen LogP contribution is -2.65. The Morgan fingerprint density at radius 2 is 1.79 bits per heavy atom. The van der Waals surface area contributed by atoms with Crippen LogP contribution in [0.25, 0.3) is 0 Å². The second-order valence-electron chi connectivity index (χ2n) is 7.12. The van der Waals surface area contributed by atoms with E-state index in [0.717, 1.165) is 39.3 Å². The Kier molecular flexibility index (Phi) is 4.56. The van der Waals surface area contributed by atoms with Crippen molar-refractivity contribution >= 4 is 0 Å². The molecule has 0 amide bonds. The summed E-state index contributed by atoms with van der Waals surface area (Å²) in [6.45, 7) is 15.6. The van der Waals surface area contributed by atoms with Gasteiger partial charge < -0.3 is 14.8 Å². The Labute approximate surface area is 117 Å². The first kappa shape index (κ1) is 15.2. The van der Waals surface area contributed by atoms with Crippen LogP contribution in [0.15, 0.2) is 0 Å². The van der Waals surface area contributed by atoms with E-state index in [2.05, 4.69) is 44.8 Å². The Morgan fingerprint density at radius 1 is 1.16 bits per heavy atom. The maximum Gasteiger partial charge on any atom is 0.0760 e. The number of nitrogens with zero attached hydrogens (tertiary/aromatic N) is 1. The highest BCUT2D eigenvalue weighted by Crippen LogP contribution is 2.30. The van der Waals surface area contributed by atoms with E-state index < -0.39 is 0 Å². The van der Waals surface area contributed by atoms with Gasteiger partial charge in [0.15, 0.2) is 0 Å². The molecule has 0 aliphatic carbocycles. The summed E-state index contributed by atoms with van der Waals surface area (Å²) in [5.41, 5.74) is -0.175. The van der Waals surface area contributed by atoms with Crippen LogP contribution in [0.5, 0.6) is 0 Å². The fourth-order valence-electron chi connectivity index (χ4n) is 3.66. The fraction of sp³-hybridized carbons (Fsp3) is 1.00. The molecule has 2 rings (SSSR count). The maximum absolute atomic E-state index is 6.17. The van der Waals surface area contributed by atoms with Gasteiger partial charge in [-0.25, -0.2) is 0 Å². The first-order valence-electron chi connectivity index (χ1n) is 7.58. The van der Waals surface area contributed by atoms with Gasteiger partial charge in [-0.3, -0.25) is 4.90 Å². The zero-order chi connectivity index (χ0) is 14.1. The molecule has 0 saturated carbocycles. The average Bonchev–Trinajstić information content (AvgIpc) is 2.26. The monoisotopic (exact) mass is 270 g/mol. The predicted molar refractivity (Wildman–Crippen MR) is 77.5 cm³/mol. The molecule has 112 valence electrons. The summed E-state index contributed by atoms with van der Waals surface area (Å²) in [4.78, 5) is 2.57. The van der Waals surface area contributed by atoms with Gasteiger partial charge in [-0.1, -0.05) is 6.92 Å². The topological polar surface area (TPSA) is 33.7 Å². The lowest BCUT2D eigenvalue weighted by Gasteiger charge is -2.51. The van der Waals surface area contributed by atoms with Crippen molar-refractivity contribution in [2.24, 2.45) is 0 Å². The molecule has 0 bridgehead atoms. The van der Waals surface area contributed by atoms with Crippen LogP contribution >= 0.6 is 0 Å². The van der Waals surface area contributed by atoms with Crippen molar-refractivity contribution in [1.29, 1.82) is 0 Å². The van der Waals surface area contributed by atoms with Gasteiger partial charge in [0, 0.05) is 31.8 Å². The van der Waals surface area contributed by atoms with Crippen molar-refractivity contribution in [3.63, 3.8) is 0 Å².